The Bertz CT molecular complexity index is 295. The molecule has 1 rings (SSSR count). The highest BCUT2D eigenvalue weighted by Gasteiger charge is 2.06. The summed E-state index contributed by atoms with van der Waals surface area (Å²) in [4.78, 5) is 10.7. The normalized spacial score (nSPS) is 9.08. The number of halogens is 1. The number of benzene rings is 1. The van der Waals surface area contributed by atoms with E-state index in [9.17, 15) is 9.28 Å². The predicted octanol–water partition coefficient (Wildman–Crippen LogP) is 1.70. The highest BCUT2D eigenvalue weighted by Crippen LogP contribution is 2.10. The predicted molar refractivity (Wildman–Crippen MR) is 44.7 cm³/mol. The molecule has 0 unspecified atom stereocenters. The fourth-order valence-corrected chi connectivity index (χ4v) is 0.827. The van der Waals surface area contributed by atoms with Gasteiger partial charge in [-0.1, -0.05) is 41.4 Å². The van der Waals surface area contributed by atoms with Crippen molar-refractivity contribution in [2.75, 3.05) is 0 Å². The van der Waals surface area contributed by atoms with Gasteiger partial charge < -0.3 is 0 Å². The van der Waals surface area contributed by atoms with E-state index in [2.05, 4.69) is 6.58 Å². The molecule has 0 aromatic heterocycles. The fraction of sp³-hybridized carbons (Fsp3) is 0. The van der Waals surface area contributed by atoms with Crippen LogP contribution in [-0.4, -0.2) is 5.91 Å². The molecular formula is C9H8FNO. The topological polar surface area (TPSA) is 29.1 Å². The molecule has 0 spiro atoms. The molecule has 1 N–H and O–H groups in total. The average Bonchev–Trinajstić information content (AvgIpc) is 2.17. The van der Waals surface area contributed by atoms with Crippen LogP contribution in [0.3, 0.4) is 0 Å². The van der Waals surface area contributed by atoms with Crippen molar-refractivity contribution in [3.05, 3.63) is 42.5 Å². The van der Waals surface area contributed by atoms with Gasteiger partial charge in [0.25, 0.3) is 5.91 Å². The molecule has 1 amide bonds. The SMILES string of the molecule is C=C(C(=O)NF)c1ccccc1. The summed E-state index contributed by atoms with van der Waals surface area (Å²) in [6.45, 7) is 3.44. The molecular weight excluding hydrogens is 157 g/mol. The van der Waals surface area contributed by atoms with Crippen molar-refractivity contribution in [3.63, 3.8) is 0 Å². The highest BCUT2D eigenvalue weighted by atomic mass is 19.2. The lowest BCUT2D eigenvalue weighted by atomic mass is 10.1. The zero-order valence-corrected chi connectivity index (χ0v) is 6.38. The van der Waals surface area contributed by atoms with E-state index in [1.165, 1.54) is 0 Å². The van der Waals surface area contributed by atoms with Crippen LogP contribution in [0.25, 0.3) is 5.57 Å². The average molecular weight is 165 g/mol. The van der Waals surface area contributed by atoms with Crippen LogP contribution in [0.5, 0.6) is 0 Å². The number of hydrogen-bond donors (Lipinski definition) is 1. The van der Waals surface area contributed by atoms with Crippen LogP contribution in [-0.2, 0) is 4.79 Å². The van der Waals surface area contributed by atoms with Crippen molar-refractivity contribution in [1.29, 1.82) is 0 Å². The summed E-state index contributed by atoms with van der Waals surface area (Å²) >= 11 is 0. The smallest absolute Gasteiger partial charge is 0.267 e. The van der Waals surface area contributed by atoms with E-state index in [1.807, 2.05) is 6.07 Å². The second kappa shape index (κ2) is 3.67. The van der Waals surface area contributed by atoms with Crippen molar-refractivity contribution in [3.8, 4) is 0 Å². The summed E-state index contributed by atoms with van der Waals surface area (Å²) in [5, 5.41) is 0. The maximum Gasteiger partial charge on any atom is 0.278 e. The van der Waals surface area contributed by atoms with Gasteiger partial charge in [-0.2, -0.15) is 5.54 Å². The van der Waals surface area contributed by atoms with Gasteiger partial charge in [0.1, 0.15) is 0 Å². The van der Waals surface area contributed by atoms with E-state index in [1.54, 1.807) is 24.3 Å². The third kappa shape index (κ3) is 1.69. The summed E-state index contributed by atoms with van der Waals surface area (Å²) in [7, 11) is 0. The third-order valence-corrected chi connectivity index (χ3v) is 1.48. The molecule has 0 saturated heterocycles. The first kappa shape index (κ1) is 8.46. The van der Waals surface area contributed by atoms with Crippen LogP contribution in [0.4, 0.5) is 4.48 Å². The third-order valence-electron chi connectivity index (χ3n) is 1.48. The first-order valence-corrected chi connectivity index (χ1v) is 3.41. The molecule has 0 aliphatic carbocycles. The number of amides is 1. The number of rotatable bonds is 2. The van der Waals surface area contributed by atoms with E-state index < -0.39 is 5.91 Å². The maximum atomic E-state index is 11.7. The van der Waals surface area contributed by atoms with E-state index in [0.717, 1.165) is 5.54 Å². The summed E-state index contributed by atoms with van der Waals surface area (Å²) in [6, 6.07) is 8.71. The summed E-state index contributed by atoms with van der Waals surface area (Å²) in [5.74, 6) is -0.804. The van der Waals surface area contributed by atoms with E-state index in [-0.39, 0.29) is 5.57 Å². The molecule has 0 aliphatic heterocycles. The standard InChI is InChI=1S/C9H8FNO/c1-7(9(12)11-10)8-5-3-2-4-6-8/h2-6H,1H2,(H,11,12). The molecule has 0 bridgehead atoms. The van der Waals surface area contributed by atoms with Gasteiger partial charge in [-0.15, -0.1) is 0 Å². The van der Waals surface area contributed by atoms with Gasteiger partial charge in [0.15, 0.2) is 0 Å². The first-order valence-electron chi connectivity index (χ1n) is 3.41. The van der Waals surface area contributed by atoms with Gasteiger partial charge >= 0.3 is 0 Å². The monoisotopic (exact) mass is 165 g/mol. The van der Waals surface area contributed by atoms with Crippen molar-refractivity contribution in [2.24, 2.45) is 0 Å². The molecule has 1 aromatic rings. The minimum absolute atomic E-state index is 0.123. The highest BCUT2D eigenvalue weighted by molar-refractivity contribution is 6.18. The van der Waals surface area contributed by atoms with Gasteiger partial charge in [-0.3, -0.25) is 4.79 Å². The molecule has 0 fully saturated rings. The minimum Gasteiger partial charge on any atom is -0.267 e. The van der Waals surface area contributed by atoms with Crippen molar-refractivity contribution < 1.29 is 9.28 Å². The zero-order valence-electron chi connectivity index (χ0n) is 6.38. The number of hydrogen-bond acceptors (Lipinski definition) is 1. The van der Waals surface area contributed by atoms with Gasteiger partial charge in [0.05, 0.1) is 0 Å². The largest absolute Gasteiger partial charge is 0.278 e. The van der Waals surface area contributed by atoms with Gasteiger partial charge in [0, 0.05) is 5.57 Å². The molecule has 12 heavy (non-hydrogen) atoms. The van der Waals surface area contributed by atoms with Gasteiger partial charge in [-0.05, 0) is 5.56 Å². The van der Waals surface area contributed by atoms with Crippen molar-refractivity contribution in [2.45, 2.75) is 0 Å². The van der Waals surface area contributed by atoms with Crippen LogP contribution in [0.2, 0.25) is 0 Å². The van der Waals surface area contributed by atoms with Gasteiger partial charge in [0.2, 0.25) is 0 Å². The fourth-order valence-electron chi connectivity index (χ4n) is 0.827. The Morgan fingerprint density at radius 2 is 1.92 bits per heavy atom. The van der Waals surface area contributed by atoms with E-state index in [4.69, 9.17) is 0 Å². The molecule has 2 nitrogen and oxygen atoms in total. The number of nitrogens with one attached hydrogen (secondary N) is 1. The summed E-state index contributed by atoms with van der Waals surface area (Å²) in [5.41, 5.74) is 1.77. The first-order chi connectivity index (χ1) is 5.75. The van der Waals surface area contributed by atoms with Crippen molar-refractivity contribution in [1.82, 2.24) is 5.54 Å². The molecule has 0 heterocycles. The summed E-state index contributed by atoms with van der Waals surface area (Å²) < 4.78 is 11.7. The number of carbonyl (C=O) groups is 1. The van der Waals surface area contributed by atoms with Gasteiger partial charge in [-0.25, -0.2) is 0 Å². The molecule has 3 heteroatoms. The Labute approximate surface area is 69.6 Å². The molecule has 0 saturated carbocycles. The van der Waals surface area contributed by atoms with Crippen LogP contribution < -0.4 is 5.54 Å². The van der Waals surface area contributed by atoms with Crippen molar-refractivity contribution >= 4 is 11.5 Å². The van der Waals surface area contributed by atoms with E-state index >= 15 is 0 Å². The molecule has 1 aromatic carbocycles. The quantitative estimate of drug-likeness (QED) is 0.524. The second-order valence-electron chi connectivity index (χ2n) is 2.27. The summed E-state index contributed by atoms with van der Waals surface area (Å²) in [6.07, 6.45) is 0. The van der Waals surface area contributed by atoms with Crippen LogP contribution in [0.1, 0.15) is 5.56 Å². The Kier molecular flexibility index (Phi) is 2.58. The lowest BCUT2D eigenvalue weighted by Gasteiger charge is -2.00. The second-order valence-corrected chi connectivity index (χ2v) is 2.27. The molecule has 0 aliphatic rings. The van der Waals surface area contributed by atoms with Crippen LogP contribution in [0.15, 0.2) is 36.9 Å². The molecule has 0 atom stereocenters. The molecule has 62 valence electrons. The Balaban J connectivity index is 2.86. The lowest BCUT2D eigenvalue weighted by Crippen LogP contribution is -2.14. The van der Waals surface area contributed by atoms with Crippen LogP contribution in [0, 0.1) is 0 Å². The Morgan fingerprint density at radius 3 is 2.42 bits per heavy atom. The zero-order chi connectivity index (χ0) is 8.97. The number of carbonyl (C=O) groups excluding carboxylic acids is 1. The Morgan fingerprint density at radius 1 is 1.33 bits per heavy atom. The molecule has 0 radical (unpaired) electrons. The lowest BCUT2D eigenvalue weighted by molar-refractivity contribution is -0.119. The maximum absolute atomic E-state index is 11.7. The Hall–Kier alpha value is -1.64. The van der Waals surface area contributed by atoms with E-state index in [0.29, 0.717) is 5.56 Å². The minimum atomic E-state index is -0.804. The van der Waals surface area contributed by atoms with Crippen LogP contribution >= 0.6 is 0 Å².